The van der Waals surface area contributed by atoms with Crippen molar-refractivity contribution in [3.05, 3.63) is 57.6 Å². The van der Waals surface area contributed by atoms with Crippen molar-refractivity contribution < 1.29 is 9.32 Å². The number of halogens is 1. The van der Waals surface area contributed by atoms with Gasteiger partial charge in [0.15, 0.2) is 5.76 Å². The summed E-state index contributed by atoms with van der Waals surface area (Å²) in [6.07, 6.45) is 4.04. The van der Waals surface area contributed by atoms with Gasteiger partial charge < -0.3 is 9.42 Å². The highest BCUT2D eigenvalue weighted by Crippen LogP contribution is 2.29. The highest BCUT2D eigenvalue weighted by atomic mass is 35.5. The Morgan fingerprint density at radius 3 is 2.73 bits per heavy atom. The molecule has 0 spiro atoms. The van der Waals surface area contributed by atoms with Crippen molar-refractivity contribution in [2.75, 3.05) is 13.1 Å². The molecule has 1 aromatic carbocycles. The van der Waals surface area contributed by atoms with Crippen LogP contribution in [-0.4, -0.2) is 34.0 Å². The molecule has 134 valence electrons. The number of benzene rings is 1. The Hall–Kier alpha value is -2.18. The van der Waals surface area contributed by atoms with E-state index in [9.17, 15) is 4.79 Å². The van der Waals surface area contributed by atoms with Crippen molar-refractivity contribution in [2.45, 2.75) is 25.2 Å². The Labute approximate surface area is 160 Å². The van der Waals surface area contributed by atoms with Crippen molar-refractivity contribution in [3.8, 4) is 11.3 Å². The molecule has 1 aliphatic rings. The van der Waals surface area contributed by atoms with E-state index in [-0.39, 0.29) is 12.3 Å². The molecule has 1 saturated heterocycles. The number of rotatable bonds is 4. The number of hydrogen-bond donors (Lipinski definition) is 0. The Morgan fingerprint density at radius 2 is 2.04 bits per heavy atom. The van der Waals surface area contributed by atoms with Gasteiger partial charge in [-0.05, 0) is 37.1 Å². The summed E-state index contributed by atoms with van der Waals surface area (Å²) >= 11 is 7.60. The van der Waals surface area contributed by atoms with Gasteiger partial charge in [0.05, 0.1) is 17.1 Å². The molecule has 0 radical (unpaired) electrons. The molecule has 26 heavy (non-hydrogen) atoms. The van der Waals surface area contributed by atoms with E-state index in [1.807, 2.05) is 34.7 Å². The lowest BCUT2D eigenvalue weighted by Gasteiger charge is -2.31. The van der Waals surface area contributed by atoms with E-state index < -0.39 is 0 Å². The number of aromatic nitrogens is 2. The number of nitrogens with zero attached hydrogens (tertiary/aromatic N) is 3. The normalized spacial score (nSPS) is 15.3. The summed E-state index contributed by atoms with van der Waals surface area (Å²) in [5.74, 6) is 1.22. The summed E-state index contributed by atoms with van der Waals surface area (Å²) in [7, 11) is 0. The van der Waals surface area contributed by atoms with Crippen LogP contribution in [0, 0.1) is 0 Å². The first-order valence-electron chi connectivity index (χ1n) is 8.58. The molecule has 0 saturated carbocycles. The van der Waals surface area contributed by atoms with Gasteiger partial charge in [-0.2, -0.15) is 0 Å². The van der Waals surface area contributed by atoms with E-state index in [1.54, 1.807) is 23.5 Å². The van der Waals surface area contributed by atoms with Gasteiger partial charge in [-0.1, -0.05) is 16.8 Å². The molecule has 0 bridgehead atoms. The van der Waals surface area contributed by atoms with Gasteiger partial charge in [0.25, 0.3) is 0 Å². The molecule has 3 heterocycles. The lowest BCUT2D eigenvalue weighted by atomic mass is 9.97. The lowest BCUT2D eigenvalue weighted by molar-refractivity contribution is -0.131. The van der Waals surface area contributed by atoms with Crippen LogP contribution in [0.25, 0.3) is 11.3 Å². The highest BCUT2D eigenvalue weighted by molar-refractivity contribution is 7.09. The molecule has 0 atom stereocenters. The van der Waals surface area contributed by atoms with Gasteiger partial charge in [0.2, 0.25) is 5.91 Å². The zero-order valence-corrected chi connectivity index (χ0v) is 15.7. The summed E-state index contributed by atoms with van der Waals surface area (Å²) in [5.41, 5.74) is 1.55. The van der Waals surface area contributed by atoms with E-state index in [4.69, 9.17) is 16.1 Å². The summed E-state index contributed by atoms with van der Waals surface area (Å²) in [6.45, 7) is 1.54. The van der Waals surface area contributed by atoms with Gasteiger partial charge in [-0.3, -0.25) is 4.79 Å². The largest absolute Gasteiger partial charge is 0.356 e. The molecular weight excluding hydrogens is 370 g/mol. The molecule has 5 nitrogen and oxygen atoms in total. The van der Waals surface area contributed by atoms with Gasteiger partial charge in [0, 0.05) is 47.2 Å². The smallest absolute Gasteiger partial charge is 0.228 e. The maximum atomic E-state index is 12.6. The Morgan fingerprint density at radius 1 is 1.27 bits per heavy atom. The molecule has 7 heteroatoms. The number of carbonyl (C=O) groups excluding carboxylic acids is 1. The summed E-state index contributed by atoms with van der Waals surface area (Å²) in [4.78, 5) is 18.9. The third-order valence-electron chi connectivity index (χ3n) is 4.67. The third kappa shape index (κ3) is 3.81. The Kier molecular flexibility index (Phi) is 5.04. The number of piperidine rings is 1. The molecule has 1 amide bonds. The van der Waals surface area contributed by atoms with Gasteiger partial charge >= 0.3 is 0 Å². The molecule has 2 aromatic heterocycles. The van der Waals surface area contributed by atoms with E-state index in [0.29, 0.717) is 22.4 Å². The number of thiazole rings is 1. The van der Waals surface area contributed by atoms with Gasteiger partial charge in [-0.25, -0.2) is 4.98 Å². The van der Waals surface area contributed by atoms with Crippen LogP contribution in [0.1, 0.15) is 29.5 Å². The molecule has 1 fully saturated rings. The number of carbonyl (C=O) groups is 1. The maximum Gasteiger partial charge on any atom is 0.228 e. The summed E-state index contributed by atoms with van der Waals surface area (Å²) in [5, 5.41) is 7.90. The van der Waals surface area contributed by atoms with Crippen molar-refractivity contribution in [1.29, 1.82) is 0 Å². The number of amides is 1. The average Bonchev–Trinajstić information content (AvgIpc) is 3.35. The fourth-order valence-corrected chi connectivity index (χ4v) is 4.16. The van der Waals surface area contributed by atoms with Crippen LogP contribution in [-0.2, 0) is 11.2 Å². The molecule has 4 rings (SSSR count). The predicted molar refractivity (Wildman–Crippen MR) is 101 cm³/mol. The van der Waals surface area contributed by atoms with E-state index in [2.05, 4.69) is 10.1 Å². The second-order valence-corrected chi connectivity index (χ2v) is 7.75. The second-order valence-electron chi connectivity index (χ2n) is 6.39. The zero-order valence-electron chi connectivity index (χ0n) is 14.1. The first kappa shape index (κ1) is 17.2. The van der Waals surface area contributed by atoms with E-state index in [0.717, 1.165) is 31.5 Å². The van der Waals surface area contributed by atoms with Crippen LogP contribution < -0.4 is 0 Å². The Balaban J connectivity index is 1.35. The summed E-state index contributed by atoms with van der Waals surface area (Å²) in [6, 6.07) is 9.17. The van der Waals surface area contributed by atoms with Crippen LogP contribution in [0.4, 0.5) is 0 Å². The predicted octanol–water partition coefficient (Wildman–Crippen LogP) is 4.40. The average molecular weight is 388 g/mol. The standard InChI is InChI=1S/C19H18ClN3O2S/c20-15-3-1-13(2-4-15)17-11-16(22-25-17)12-18(24)23-8-5-14(6-9-23)19-21-7-10-26-19/h1-4,7,10-11,14H,5-6,8-9,12H2. The van der Waals surface area contributed by atoms with Crippen LogP contribution in [0.2, 0.25) is 5.02 Å². The minimum Gasteiger partial charge on any atom is -0.356 e. The molecule has 0 unspecified atom stereocenters. The van der Waals surface area contributed by atoms with E-state index in [1.165, 1.54) is 5.01 Å². The Bertz CT molecular complexity index is 869. The number of hydrogen-bond acceptors (Lipinski definition) is 5. The fourth-order valence-electron chi connectivity index (χ4n) is 3.22. The second kappa shape index (κ2) is 7.60. The van der Waals surface area contributed by atoms with Gasteiger partial charge in [-0.15, -0.1) is 11.3 Å². The summed E-state index contributed by atoms with van der Waals surface area (Å²) < 4.78 is 5.37. The molecule has 0 N–H and O–H groups in total. The maximum absolute atomic E-state index is 12.6. The highest BCUT2D eigenvalue weighted by Gasteiger charge is 2.25. The molecule has 0 aliphatic carbocycles. The monoisotopic (exact) mass is 387 g/mol. The quantitative estimate of drug-likeness (QED) is 0.665. The zero-order chi connectivity index (χ0) is 17.9. The van der Waals surface area contributed by atoms with Crippen LogP contribution in [0.3, 0.4) is 0 Å². The van der Waals surface area contributed by atoms with Crippen molar-refractivity contribution in [3.63, 3.8) is 0 Å². The van der Waals surface area contributed by atoms with Gasteiger partial charge in [0.1, 0.15) is 0 Å². The van der Waals surface area contributed by atoms with E-state index >= 15 is 0 Å². The minimum absolute atomic E-state index is 0.0959. The van der Waals surface area contributed by atoms with Crippen molar-refractivity contribution >= 4 is 28.8 Å². The topological polar surface area (TPSA) is 59.2 Å². The lowest BCUT2D eigenvalue weighted by Crippen LogP contribution is -2.38. The first-order valence-corrected chi connectivity index (χ1v) is 9.83. The minimum atomic E-state index is 0.0959. The number of likely N-dealkylation sites (tertiary alicyclic amines) is 1. The fraction of sp³-hybridized carbons (Fsp3) is 0.316. The van der Waals surface area contributed by atoms with Crippen LogP contribution in [0.15, 0.2) is 46.4 Å². The first-order chi connectivity index (χ1) is 12.7. The van der Waals surface area contributed by atoms with Crippen molar-refractivity contribution in [2.24, 2.45) is 0 Å². The van der Waals surface area contributed by atoms with Crippen LogP contribution in [0.5, 0.6) is 0 Å². The molecular formula is C19H18ClN3O2S. The third-order valence-corrected chi connectivity index (χ3v) is 5.86. The molecule has 3 aromatic rings. The van der Waals surface area contributed by atoms with Crippen LogP contribution >= 0.6 is 22.9 Å². The SMILES string of the molecule is O=C(Cc1cc(-c2ccc(Cl)cc2)on1)N1CCC(c2nccs2)CC1. The van der Waals surface area contributed by atoms with Crippen molar-refractivity contribution in [1.82, 2.24) is 15.0 Å². The molecule has 1 aliphatic heterocycles.